The second kappa shape index (κ2) is 5.47. The molecular weight excluding hydrogens is 262 g/mol. The van der Waals surface area contributed by atoms with Crippen molar-refractivity contribution in [1.82, 2.24) is 19.7 Å². The first-order valence-electron chi connectivity index (χ1n) is 7.76. The molecule has 0 spiro atoms. The van der Waals surface area contributed by atoms with Crippen LogP contribution in [0.5, 0.6) is 0 Å². The number of hydrogen-bond acceptors (Lipinski definition) is 4. The Morgan fingerprint density at radius 3 is 2.67 bits per heavy atom. The van der Waals surface area contributed by atoms with Crippen molar-refractivity contribution in [3.8, 4) is 11.4 Å². The Hall–Kier alpha value is -1.91. The van der Waals surface area contributed by atoms with Gasteiger partial charge in [0.05, 0.1) is 11.3 Å². The lowest BCUT2D eigenvalue weighted by Crippen LogP contribution is -2.08. The monoisotopic (exact) mass is 285 g/mol. The Kier molecular flexibility index (Phi) is 3.66. The van der Waals surface area contributed by atoms with Gasteiger partial charge < -0.3 is 5.32 Å². The molecule has 0 amide bonds. The standard InChI is InChI=1S/C16H23N5/c1-5-9-17-15-12-7-6-8-13(12)18-16(19-15)14-10(2)20-21(4)11(14)3/h5-9H2,1-4H3,(H,17,18,19). The first kappa shape index (κ1) is 14.0. The highest BCUT2D eigenvalue weighted by Crippen LogP contribution is 2.31. The maximum Gasteiger partial charge on any atom is 0.165 e. The highest BCUT2D eigenvalue weighted by Gasteiger charge is 2.22. The van der Waals surface area contributed by atoms with E-state index in [1.165, 1.54) is 17.7 Å². The lowest BCUT2D eigenvalue weighted by molar-refractivity contribution is 0.731. The van der Waals surface area contributed by atoms with E-state index >= 15 is 0 Å². The van der Waals surface area contributed by atoms with E-state index in [2.05, 4.69) is 24.3 Å². The van der Waals surface area contributed by atoms with E-state index in [0.29, 0.717) is 0 Å². The molecule has 0 bridgehead atoms. The predicted octanol–water partition coefficient (Wildman–Crippen LogP) is 2.80. The fraction of sp³-hybridized carbons (Fsp3) is 0.562. The predicted molar refractivity (Wildman–Crippen MR) is 84.5 cm³/mol. The molecule has 1 aliphatic carbocycles. The van der Waals surface area contributed by atoms with Gasteiger partial charge in [0.25, 0.3) is 0 Å². The number of aromatic nitrogens is 4. The summed E-state index contributed by atoms with van der Waals surface area (Å²) in [5.41, 5.74) is 5.71. The van der Waals surface area contributed by atoms with E-state index in [9.17, 15) is 0 Å². The van der Waals surface area contributed by atoms with Crippen LogP contribution in [0.3, 0.4) is 0 Å². The molecule has 1 N–H and O–H groups in total. The van der Waals surface area contributed by atoms with Crippen molar-refractivity contribution in [2.75, 3.05) is 11.9 Å². The fourth-order valence-corrected chi connectivity index (χ4v) is 3.03. The molecular formula is C16H23N5. The summed E-state index contributed by atoms with van der Waals surface area (Å²) < 4.78 is 1.90. The van der Waals surface area contributed by atoms with E-state index in [1.54, 1.807) is 0 Å². The SMILES string of the molecule is CCCNc1nc(-c2c(C)nn(C)c2C)nc2c1CCC2. The summed E-state index contributed by atoms with van der Waals surface area (Å²) in [5.74, 6) is 1.84. The van der Waals surface area contributed by atoms with Gasteiger partial charge in [0.1, 0.15) is 5.82 Å². The van der Waals surface area contributed by atoms with E-state index in [4.69, 9.17) is 9.97 Å². The van der Waals surface area contributed by atoms with Crippen molar-refractivity contribution in [2.45, 2.75) is 46.5 Å². The lowest BCUT2D eigenvalue weighted by atomic mass is 10.1. The van der Waals surface area contributed by atoms with Crippen molar-refractivity contribution >= 4 is 5.82 Å². The van der Waals surface area contributed by atoms with Gasteiger partial charge in [0, 0.05) is 30.5 Å². The maximum absolute atomic E-state index is 4.82. The second-order valence-corrected chi connectivity index (χ2v) is 5.77. The Labute approximate surface area is 125 Å². The summed E-state index contributed by atoms with van der Waals surface area (Å²) in [7, 11) is 1.97. The lowest BCUT2D eigenvalue weighted by Gasteiger charge is -2.12. The van der Waals surface area contributed by atoms with Crippen molar-refractivity contribution in [2.24, 2.45) is 7.05 Å². The molecule has 0 aromatic carbocycles. The van der Waals surface area contributed by atoms with Gasteiger partial charge in [-0.25, -0.2) is 9.97 Å². The maximum atomic E-state index is 4.82. The smallest absolute Gasteiger partial charge is 0.165 e. The van der Waals surface area contributed by atoms with Gasteiger partial charge in [0.2, 0.25) is 0 Å². The highest BCUT2D eigenvalue weighted by atomic mass is 15.3. The number of nitrogens with one attached hydrogen (secondary N) is 1. The average Bonchev–Trinajstić information content (AvgIpc) is 3.01. The zero-order chi connectivity index (χ0) is 15.0. The average molecular weight is 285 g/mol. The van der Waals surface area contributed by atoms with Crippen molar-refractivity contribution in [1.29, 1.82) is 0 Å². The van der Waals surface area contributed by atoms with Gasteiger partial charge in [-0.2, -0.15) is 5.10 Å². The molecule has 0 fully saturated rings. The third-order valence-corrected chi connectivity index (χ3v) is 4.21. The van der Waals surface area contributed by atoms with Crippen LogP contribution in [-0.2, 0) is 19.9 Å². The van der Waals surface area contributed by atoms with Crippen LogP contribution in [0.1, 0.15) is 42.4 Å². The van der Waals surface area contributed by atoms with Crippen LogP contribution >= 0.6 is 0 Å². The van der Waals surface area contributed by atoms with Gasteiger partial charge >= 0.3 is 0 Å². The van der Waals surface area contributed by atoms with Crippen LogP contribution in [0.2, 0.25) is 0 Å². The molecule has 21 heavy (non-hydrogen) atoms. The van der Waals surface area contributed by atoms with Crippen LogP contribution in [0.15, 0.2) is 0 Å². The van der Waals surface area contributed by atoms with Crippen molar-refractivity contribution in [3.63, 3.8) is 0 Å². The van der Waals surface area contributed by atoms with E-state index in [-0.39, 0.29) is 0 Å². The van der Waals surface area contributed by atoms with Gasteiger partial charge in [-0.05, 0) is 39.5 Å². The normalized spacial score (nSPS) is 13.5. The van der Waals surface area contributed by atoms with E-state index in [0.717, 1.165) is 54.4 Å². The third kappa shape index (κ3) is 2.41. The molecule has 5 nitrogen and oxygen atoms in total. The molecule has 2 heterocycles. The number of rotatable bonds is 4. The minimum absolute atomic E-state index is 0.817. The Balaban J connectivity index is 2.11. The number of aryl methyl sites for hydroxylation is 3. The highest BCUT2D eigenvalue weighted by molar-refractivity contribution is 5.65. The quantitative estimate of drug-likeness (QED) is 0.938. The largest absolute Gasteiger partial charge is 0.370 e. The van der Waals surface area contributed by atoms with Gasteiger partial charge in [0.15, 0.2) is 5.82 Å². The molecule has 3 rings (SSSR count). The topological polar surface area (TPSA) is 55.6 Å². The molecule has 0 aliphatic heterocycles. The fourth-order valence-electron chi connectivity index (χ4n) is 3.03. The first-order chi connectivity index (χ1) is 10.1. The molecule has 1 aliphatic rings. The van der Waals surface area contributed by atoms with Gasteiger partial charge in [-0.1, -0.05) is 6.92 Å². The Morgan fingerprint density at radius 2 is 2.00 bits per heavy atom. The van der Waals surface area contributed by atoms with Crippen LogP contribution in [-0.4, -0.2) is 26.3 Å². The summed E-state index contributed by atoms with van der Waals surface area (Å²) in [6, 6.07) is 0. The molecule has 0 unspecified atom stereocenters. The van der Waals surface area contributed by atoms with Crippen LogP contribution < -0.4 is 5.32 Å². The minimum atomic E-state index is 0.817. The number of fused-ring (bicyclic) bond motifs is 1. The molecule has 5 heteroatoms. The Bertz CT molecular complexity index is 672. The van der Waals surface area contributed by atoms with Crippen LogP contribution in [0, 0.1) is 13.8 Å². The number of nitrogens with zero attached hydrogens (tertiary/aromatic N) is 4. The second-order valence-electron chi connectivity index (χ2n) is 5.77. The van der Waals surface area contributed by atoms with Crippen LogP contribution in [0.25, 0.3) is 11.4 Å². The molecule has 0 saturated carbocycles. The van der Waals surface area contributed by atoms with Crippen molar-refractivity contribution < 1.29 is 0 Å². The minimum Gasteiger partial charge on any atom is -0.370 e. The van der Waals surface area contributed by atoms with E-state index < -0.39 is 0 Å². The first-order valence-corrected chi connectivity index (χ1v) is 7.76. The molecule has 0 atom stereocenters. The number of anilines is 1. The van der Waals surface area contributed by atoms with Crippen molar-refractivity contribution in [3.05, 3.63) is 22.6 Å². The summed E-state index contributed by atoms with van der Waals surface area (Å²) in [6.45, 7) is 7.22. The number of hydrogen-bond donors (Lipinski definition) is 1. The summed E-state index contributed by atoms with van der Waals surface area (Å²) in [4.78, 5) is 9.63. The zero-order valence-electron chi connectivity index (χ0n) is 13.3. The summed E-state index contributed by atoms with van der Waals surface area (Å²) in [6.07, 6.45) is 4.43. The molecule has 112 valence electrons. The van der Waals surface area contributed by atoms with Gasteiger partial charge in [-0.3, -0.25) is 4.68 Å². The zero-order valence-corrected chi connectivity index (χ0v) is 13.3. The van der Waals surface area contributed by atoms with Crippen LogP contribution in [0.4, 0.5) is 5.82 Å². The van der Waals surface area contributed by atoms with Gasteiger partial charge in [-0.15, -0.1) is 0 Å². The molecule has 2 aromatic rings. The summed E-state index contributed by atoms with van der Waals surface area (Å²) >= 11 is 0. The van der Waals surface area contributed by atoms with E-state index in [1.807, 2.05) is 18.7 Å². The molecule has 0 radical (unpaired) electrons. The molecule has 2 aromatic heterocycles. The third-order valence-electron chi connectivity index (χ3n) is 4.21. The Morgan fingerprint density at radius 1 is 1.19 bits per heavy atom. The molecule has 0 saturated heterocycles. The summed E-state index contributed by atoms with van der Waals surface area (Å²) in [5, 5.41) is 7.96.